The minimum atomic E-state index is -0.526. The molecule has 0 aliphatic carbocycles. The van der Waals surface area contributed by atoms with Crippen molar-refractivity contribution in [2.24, 2.45) is 5.41 Å². The van der Waals surface area contributed by atoms with E-state index < -0.39 is 5.41 Å². The van der Waals surface area contributed by atoms with Crippen molar-refractivity contribution in [3.05, 3.63) is 35.6 Å². The third-order valence-electron chi connectivity index (χ3n) is 4.77. The number of nitrogens with zero attached hydrogens (tertiary/aromatic N) is 4. The van der Waals surface area contributed by atoms with E-state index in [2.05, 4.69) is 32.4 Å². The van der Waals surface area contributed by atoms with Crippen LogP contribution in [-0.4, -0.2) is 65.7 Å². The molecule has 0 radical (unpaired) electrons. The van der Waals surface area contributed by atoms with E-state index in [4.69, 9.17) is 0 Å². The molecule has 152 valence electrons. The lowest BCUT2D eigenvalue weighted by Gasteiger charge is -2.36. The molecule has 2 aromatic rings. The summed E-state index contributed by atoms with van der Waals surface area (Å²) in [6.07, 6.45) is 0. The molecule has 1 aromatic heterocycles. The zero-order valence-corrected chi connectivity index (χ0v) is 18.1. The van der Waals surface area contributed by atoms with Crippen molar-refractivity contribution < 1.29 is 9.18 Å². The van der Waals surface area contributed by atoms with Crippen LogP contribution in [0.2, 0.25) is 0 Å². The van der Waals surface area contributed by atoms with Crippen LogP contribution in [0.3, 0.4) is 0 Å². The zero-order chi connectivity index (χ0) is 20.1. The van der Waals surface area contributed by atoms with Crippen LogP contribution in [-0.2, 0) is 10.5 Å². The van der Waals surface area contributed by atoms with Crippen molar-refractivity contribution in [2.45, 2.75) is 23.9 Å². The quantitative estimate of drug-likeness (QED) is 0.545. The maximum atomic E-state index is 13.7. The summed E-state index contributed by atoms with van der Waals surface area (Å²) in [6, 6.07) is 6.69. The van der Waals surface area contributed by atoms with Crippen LogP contribution in [0.4, 0.5) is 9.52 Å². The number of piperazine rings is 1. The highest BCUT2D eigenvalue weighted by molar-refractivity contribution is 8.00. The Kier molecular flexibility index (Phi) is 7.03. The molecule has 9 heteroatoms. The highest BCUT2D eigenvalue weighted by Crippen LogP contribution is 2.30. The van der Waals surface area contributed by atoms with Crippen molar-refractivity contribution in [3.63, 3.8) is 0 Å². The Hall–Kier alpha value is -1.55. The number of carbonyl (C=O) groups is 1. The van der Waals surface area contributed by atoms with Gasteiger partial charge in [-0.1, -0.05) is 41.3 Å². The number of likely N-dealkylation sites (N-methyl/N-ethyl adjacent to an activating group) is 1. The van der Waals surface area contributed by atoms with Crippen LogP contribution in [0, 0.1) is 11.2 Å². The molecule has 1 fully saturated rings. The van der Waals surface area contributed by atoms with Gasteiger partial charge >= 0.3 is 0 Å². The number of thioether (sulfide) groups is 1. The third-order valence-corrected chi connectivity index (χ3v) is 6.79. The largest absolute Gasteiger partial charge is 0.304 e. The SMILES string of the molecule is CN1CCN(CC(C)(C)C(=O)Nc2nnc(SCc3ccccc3F)s2)CC1. The molecule has 1 aliphatic rings. The number of anilines is 1. The Morgan fingerprint density at radius 2 is 1.96 bits per heavy atom. The number of aromatic nitrogens is 2. The number of benzene rings is 1. The van der Waals surface area contributed by atoms with Gasteiger partial charge in [0.2, 0.25) is 11.0 Å². The van der Waals surface area contributed by atoms with Crippen molar-refractivity contribution >= 4 is 34.1 Å². The molecule has 0 bridgehead atoms. The number of rotatable bonds is 7. The predicted molar refractivity (Wildman–Crippen MR) is 112 cm³/mol. The first-order valence-electron chi connectivity index (χ1n) is 9.25. The average Bonchev–Trinajstić information content (AvgIpc) is 3.10. The standard InChI is InChI=1S/C19H26FN5OS2/c1-19(2,13-25-10-8-24(3)9-11-25)16(26)21-17-22-23-18(28-17)27-12-14-6-4-5-7-15(14)20/h4-7H,8-13H2,1-3H3,(H,21,22,26). The van der Waals surface area contributed by atoms with Gasteiger partial charge in [-0.25, -0.2) is 4.39 Å². The summed E-state index contributed by atoms with van der Waals surface area (Å²) in [7, 11) is 2.12. The van der Waals surface area contributed by atoms with E-state index in [1.165, 1.54) is 29.2 Å². The number of nitrogens with one attached hydrogen (secondary N) is 1. The summed E-state index contributed by atoms with van der Waals surface area (Å²) in [4.78, 5) is 17.4. The summed E-state index contributed by atoms with van der Waals surface area (Å²) >= 11 is 2.73. The van der Waals surface area contributed by atoms with Gasteiger partial charge in [0.1, 0.15) is 5.82 Å². The Morgan fingerprint density at radius 3 is 2.68 bits per heavy atom. The molecule has 6 nitrogen and oxygen atoms in total. The van der Waals surface area contributed by atoms with Crippen LogP contribution < -0.4 is 5.32 Å². The van der Waals surface area contributed by atoms with Gasteiger partial charge in [-0.05, 0) is 32.5 Å². The van der Waals surface area contributed by atoms with Gasteiger partial charge in [-0.2, -0.15) is 0 Å². The Labute approximate surface area is 173 Å². The molecule has 1 amide bonds. The number of amides is 1. The van der Waals surface area contributed by atoms with Crippen LogP contribution in [0.1, 0.15) is 19.4 Å². The summed E-state index contributed by atoms with van der Waals surface area (Å²) < 4.78 is 14.4. The second-order valence-corrected chi connectivity index (χ2v) is 9.87. The van der Waals surface area contributed by atoms with Crippen molar-refractivity contribution in [2.75, 3.05) is 45.1 Å². The molecule has 28 heavy (non-hydrogen) atoms. The van der Waals surface area contributed by atoms with E-state index in [0.717, 1.165) is 26.2 Å². The third kappa shape index (κ3) is 5.73. The van der Waals surface area contributed by atoms with Crippen molar-refractivity contribution in [1.82, 2.24) is 20.0 Å². The van der Waals surface area contributed by atoms with E-state index in [1.807, 2.05) is 19.9 Å². The van der Waals surface area contributed by atoms with Gasteiger partial charge in [-0.15, -0.1) is 10.2 Å². The molecule has 2 heterocycles. The molecule has 1 aliphatic heterocycles. The molecular weight excluding hydrogens is 397 g/mol. The molecule has 3 rings (SSSR count). The molecule has 1 N–H and O–H groups in total. The number of hydrogen-bond acceptors (Lipinski definition) is 7. The lowest BCUT2D eigenvalue weighted by molar-refractivity contribution is -0.125. The summed E-state index contributed by atoms with van der Waals surface area (Å²) in [5.74, 6) is 0.191. The van der Waals surface area contributed by atoms with Gasteiger partial charge in [0, 0.05) is 38.5 Å². The van der Waals surface area contributed by atoms with Gasteiger partial charge in [0.05, 0.1) is 5.41 Å². The van der Waals surface area contributed by atoms with E-state index >= 15 is 0 Å². The first-order chi connectivity index (χ1) is 13.3. The number of carbonyl (C=O) groups excluding carboxylic acids is 1. The molecule has 0 spiro atoms. The second-order valence-electron chi connectivity index (χ2n) is 7.67. The van der Waals surface area contributed by atoms with Gasteiger partial charge < -0.3 is 4.90 Å². The smallest absolute Gasteiger partial charge is 0.233 e. The lowest BCUT2D eigenvalue weighted by Crippen LogP contribution is -2.50. The van der Waals surface area contributed by atoms with Crippen LogP contribution in [0.15, 0.2) is 28.6 Å². The highest BCUT2D eigenvalue weighted by atomic mass is 32.2. The number of hydrogen-bond donors (Lipinski definition) is 1. The highest BCUT2D eigenvalue weighted by Gasteiger charge is 2.31. The fourth-order valence-electron chi connectivity index (χ4n) is 2.98. The summed E-state index contributed by atoms with van der Waals surface area (Å²) in [6.45, 7) is 8.62. The zero-order valence-electron chi connectivity index (χ0n) is 16.4. The first kappa shape index (κ1) is 21.2. The fourth-order valence-corrected chi connectivity index (χ4v) is 4.71. The molecule has 0 unspecified atom stereocenters. The van der Waals surface area contributed by atoms with Crippen LogP contribution >= 0.6 is 23.1 Å². The minimum Gasteiger partial charge on any atom is -0.304 e. The van der Waals surface area contributed by atoms with Crippen LogP contribution in [0.25, 0.3) is 0 Å². The summed E-state index contributed by atoms with van der Waals surface area (Å²) in [5, 5.41) is 11.5. The molecular formula is C19H26FN5OS2. The van der Waals surface area contributed by atoms with E-state index in [-0.39, 0.29) is 11.7 Å². The normalized spacial score (nSPS) is 16.3. The lowest BCUT2D eigenvalue weighted by atomic mass is 9.91. The van der Waals surface area contributed by atoms with Gasteiger partial charge in [-0.3, -0.25) is 15.0 Å². The van der Waals surface area contributed by atoms with Gasteiger partial charge in [0.15, 0.2) is 4.34 Å². The Bertz CT molecular complexity index is 805. The number of halogens is 1. The molecule has 1 aromatic carbocycles. The maximum absolute atomic E-state index is 13.7. The van der Waals surface area contributed by atoms with E-state index in [9.17, 15) is 9.18 Å². The Morgan fingerprint density at radius 1 is 1.25 bits per heavy atom. The van der Waals surface area contributed by atoms with Crippen molar-refractivity contribution in [1.29, 1.82) is 0 Å². The van der Waals surface area contributed by atoms with Gasteiger partial charge in [0.25, 0.3) is 0 Å². The Balaban J connectivity index is 1.52. The molecule has 0 saturated carbocycles. The topological polar surface area (TPSA) is 61.4 Å². The van der Waals surface area contributed by atoms with E-state index in [1.54, 1.807) is 12.1 Å². The first-order valence-corrected chi connectivity index (χ1v) is 11.1. The van der Waals surface area contributed by atoms with Crippen molar-refractivity contribution in [3.8, 4) is 0 Å². The fraction of sp³-hybridized carbons (Fsp3) is 0.526. The molecule has 0 atom stereocenters. The second kappa shape index (κ2) is 9.30. The maximum Gasteiger partial charge on any atom is 0.233 e. The minimum absolute atomic E-state index is 0.0618. The average molecular weight is 424 g/mol. The van der Waals surface area contributed by atoms with Crippen LogP contribution in [0.5, 0.6) is 0 Å². The monoisotopic (exact) mass is 423 g/mol. The van der Waals surface area contributed by atoms with E-state index in [0.29, 0.717) is 27.3 Å². The molecule has 1 saturated heterocycles. The summed E-state index contributed by atoms with van der Waals surface area (Å²) in [5.41, 5.74) is 0.101. The predicted octanol–water partition coefficient (Wildman–Crippen LogP) is 3.18.